The average molecular weight is 473 g/mol. The van der Waals surface area contributed by atoms with E-state index in [0.29, 0.717) is 19.5 Å². The Balaban J connectivity index is 0.00000338. The normalized spacial score (nSPS) is 15.0. The van der Waals surface area contributed by atoms with Crippen LogP contribution in [0.2, 0.25) is 0 Å². The molecule has 0 spiro atoms. The van der Waals surface area contributed by atoms with Gasteiger partial charge < -0.3 is 20.9 Å². The Hall–Kier alpha value is -1.35. The van der Waals surface area contributed by atoms with E-state index in [1.807, 2.05) is 30.3 Å². The van der Waals surface area contributed by atoms with Gasteiger partial charge in [0.25, 0.3) is 0 Å². The summed E-state index contributed by atoms with van der Waals surface area (Å²) in [6, 6.07) is 9.93. The number of amides is 1. The Bertz CT molecular complexity index is 532. The first kappa shape index (κ1) is 22.7. The summed E-state index contributed by atoms with van der Waals surface area (Å²) in [7, 11) is 1.76. The van der Waals surface area contributed by atoms with Crippen LogP contribution in [0, 0.1) is 0 Å². The van der Waals surface area contributed by atoms with Gasteiger partial charge in [-0.15, -0.1) is 24.0 Å². The summed E-state index contributed by atoms with van der Waals surface area (Å²) in [5, 5.41) is 9.44. The molecule has 0 atom stereocenters. The van der Waals surface area contributed by atoms with Crippen molar-refractivity contribution in [3.8, 4) is 0 Å². The molecule has 0 unspecified atom stereocenters. The summed E-state index contributed by atoms with van der Waals surface area (Å²) >= 11 is 0. The van der Waals surface area contributed by atoms with Gasteiger partial charge in [-0.2, -0.15) is 0 Å². The molecule has 1 fully saturated rings. The van der Waals surface area contributed by atoms with Gasteiger partial charge >= 0.3 is 0 Å². The van der Waals surface area contributed by atoms with E-state index in [-0.39, 0.29) is 29.9 Å². The Morgan fingerprint density at radius 1 is 1.04 bits per heavy atom. The number of guanidine groups is 1. The number of piperidine rings is 1. The van der Waals surface area contributed by atoms with Crippen molar-refractivity contribution in [2.24, 2.45) is 4.99 Å². The van der Waals surface area contributed by atoms with Crippen LogP contribution in [0.1, 0.15) is 31.2 Å². The molecular weight excluding hydrogens is 441 g/mol. The molecule has 1 heterocycles. The first-order valence-corrected chi connectivity index (χ1v) is 9.25. The number of hydrogen-bond donors (Lipinski definition) is 3. The lowest BCUT2D eigenvalue weighted by Crippen LogP contribution is -2.43. The van der Waals surface area contributed by atoms with E-state index in [1.54, 1.807) is 7.05 Å². The molecule has 0 aliphatic carbocycles. The highest BCUT2D eigenvalue weighted by molar-refractivity contribution is 14.0. The zero-order chi connectivity index (χ0) is 17.7. The zero-order valence-electron chi connectivity index (χ0n) is 15.7. The number of aliphatic imine (C=N–C) groups is 1. The van der Waals surface area contributed by atoms with Crippen molar-refractivity contribution in [3.05, 3.63) is 35.9 Å². The molecule has 0 aromatic heterocycles. The highest BCUT2D eigenvalue weighted by atomic mass is 127. The van der Waals surface area contributed by atoms with Crippen molar-refractivity contribution >= 4 is 35.8 Å². The van der Waals surface area contributed by atoms with Crippen LogP contribution < -0.4 is 16.0 Å². The molecule has 26 heavy (non-hydrogen) atoms. The maximum atomic E-state index is 11.9. The number of carbonyl (C=O) groups excluding carboxylic acids is 1. The van der Waals surface area contributed by atoms with Crippen LogP contribution in [0.5, 0.6) is 0 Å². The lowest BCUT2D eigenvalue weighted by molar-refractivity contribution is -0.121. The molecule has 1 aromatic rings. The van der Waals surface area contributed by atoms with E-state index in [0.717, 1.165) is 24.6 Å². The van der Waals surface area contributed by atoms with E-state index >= 15 is 0 Å². The van der Waals surface area contributed by atoms with Crippen LogP contribution in [0.25, 0.3) is 0 Å². The van der Waals surface area contributed by atoms with Crippen molar-refractivity contribution in [1.82, 2.24) is 20.9 Å². The van der Waals surface area contributed by atoms with Gasteiger partial charge in [-0.3, -0.25) is 9.79 Å². The van der Waals surface area contributed by atoms with Crippen molar-refractivity contribution in [3.63, 3.8) is 0 Å². The maximum Gasteiger partial charge on any atom is 0.222 e. The van der Waals surface area contributed by atoms with Crippen LogP contribution in [0.4, 0.5) is 0 Å². The number of nitrogens with zero attached hydrogens (tertiary/aromatic N) is 2. The molecule has 1 amide bonds. The van der Waals surface area contributed by atoms with Gasteiger partial charge in [0.2, 0.25) is 5.91 Å². The molecule has 7 heteroatoms. The van der Waals surface area contributed by atoms with Gasteiger partial charge in [-0.1, -0.05) is 36.8 Å². The van der Waals surface area contributed by atoms with Crippen molar-refractivity contribution < 1.29 is 4.79 Å². The Morgan fingerprint density at radius 3 is 2.42 bits per heavy atom. The first-order valence-electron chi connectivity index (χ1n) is 9.25. The van der Waals surface area contributed by atoms with Gasteiger partial charge in [0.15, 0.2) is 5.96 Å². The van der Waals surface area contributed by atoms with Crippen molar-refractivity contribution in [2.45, 2.75) is 32.2 Å². The van der Waals surface area contributed by atoms with Gasteiger partial charge in [0, 0.05) is 39.6 Å². The number of hydrogen-bond acceptors (Lipinski definition) is 3. The minimum atomic E-state index is 0. The third-order valence-electron chi connectivity index (χ3n) is 4.37. The predicted octanol–water partition coefficient (Wildman–Crippen LogP) is 1.96. The lowest BCUT2D eigenvalue weighted by Gasteiger charge is -2.26. The van der Waals surface area contributed by atoms with Crippen LogP contribution in [-0.4, -0.2) is 56.5 Å². The smallest absolute Gasteiger partial charge is 0.222 e. The highest BCUT2D eigenvalue weighted by Gasteiger charge is 2.09. The summed E-state index contributed by atoms with van der Waals surface area (Å²) in [6.45, 7) is 5.47. The van der Waals surface area contributed by atoms with Gasteiger partial charge in [-0.05, 0) is 31.5 Å². The SMILES string of the molecule is CN=C(NCCC(=O)NCc1ccccc1)NCCN1CCCCC1.I. The molecule has 3 N–H and O–H groups in total. The Morgan fingerprint density at radius 2 is 1.73 bits per heavy atom. The van der Waals surface area contributed by atoms with Gasteiger partial charge in [-0.25, -0.2) is 0 Å². The number of benzene rings is 1. The molecule has 2 rings (SSSR count). The van der Waals surface area contributed by atoms with Crippen LogP contribution in [0.15, 0.2) is 35.3 Å². The standard InChI is InChI=1S/C19H31N5O.HI/c1-20-19(22-12-15-24-13-6-3-7-14-24)21-11-10-18(25)23-16-17-8-4-2-5-9-17;/h2,4-5,8-9H,3,6-7,10-16H2,1H3,(H,23,25)(H2,20,21,22);1H. The van der Waals surface area contributed by atoms with Crippen molar-refractivity contribution in [2.75, 3.05) is 39.8 Å². The summed E-state index contributed by atoms with van der Waals surface area (Å²) in [5.74, 6) is 0.799. The third kappa shape index (κ3) is 9.38. The fourth-order valence-corrected chi connectivity index (χ4v) is 2.92. The molecule has 1 saturated heterocycles. The molecular formula is C19H32IN5O. The second kappa shape index (κ2) is 13.8. The largest absolute Gasteiger partial charge is 0.356 e. The molecule has 1 aliphatic rings. The molecule has 0 saturated carbocycles. The molecule has 0 radical (unpaired) electrons. The minimum Gasteiger partial charge on any atom is -0.356 e. The topological polar surface area (TPSA) is 68.8 Å². The second-order valence-electron chi connectivity index (χ2n) is 6.34. The predicted molar refractivity (Wildman–Crippen MR) is 118 cm³/mol. The van der Waals surface area contributed by atoms with Gasteiger partial charge in [0.05, 0.1) is 0 Å². The van der Waals surface area contributed by atoms with E-state index in [1.165, 1.54) is 32.4 Å². The summed E-state index contributed by atoms with van der Waals surface area (Å²) in [5.41, 5.74) is 1.11. The number of halogens is 1. The van der Waals surface area contributed by atoms with Crippen LogP contribution in [-0.2, 0) is 11.3 Å². The number of carbonyl (C=O) groups is 1. The van der Waals surface area contributed by atoms with E-state index in [9.17, 15) is 4.79 Å². The number of rotatable bonds is 8. The summed E-state index contributed by atoms with van der Waals surface area (Å²) in [4.78, 5) is 18.6. The quantitative estimate of drug-likeness (QED) is 0.307. The van der Waals surface area contributed by atoms with E-state index < -0.39 is 0 Å². The van der Waals surface area contributed by atoms with Crippen molar-refractivity contribution in [1.29, 1.82) is 0 Å². The summed E-state index contributed by atoms with van der Waals surface area (Å²) < 4.78 is 0. The number of nitrogens with one attached hydrogen (secondary N) is 3. The fourth-order valence-electron chi connectivity index (χ4n) is 2.92. The Kier molecular flexibility index (Phi) is 12.0. The average Bonchev–Trinajstić information content (AvgIpc) is 2.67. The summed E-state index contributed by atoms with van der Waals surface area (Å²) in [6.07, 6.45) is 4.41. The molecule has 1 aliphatic heterocycles. The van der Waals surface area contributed by atoms with Crippen LogP contribution >= 0.6 is 24.0 Å². The zero-order valence-corrected chi connectivity index (χ0v) is 18.0. The lowest BCUT2D eigenvalue weighted by atomic mass is 10.1. The number of likely N-dealkylation sites (tertiary alicyclic amines) is 1. The fraction of sp³-hybridized carbons (Fsp3) is 0.579. The first-order chi connectivity index (χ1) is 12.3. The third-order valence-corrected chi connectivity index (χ3v) is 4.37. The second-order valence-corrected chi connectivity index (χ2v) is 6.34. The van der Waals surface area contributed by atoms with Crippen LogP contribution in [0.3, 0.4) is 0 Å². The molecule has 0 bridgehead atoms. The Labute approximate surface area is 174 Å². The molecule has 1 aromatic carbocycles. The monoisotopic (exact) mass is 473 g/mol. The highest BCUT2D eigenvalue weighted by Crippen LogP contribution is 2.07. The van der Waals surface area contributed by atoms with E-state index in [2.05, 4.69) is 25.8 Å². The molecule has 6 nitrogen and oxygen atoms in total. The minimum absolute atomic E-state index is 0. The maximum absolute atomic E-state index is 11.9. The van der Waals surface area contributed by atoms with Gasteiger partial charge in [0.1, 0.15) is 0 Å². The molecule has 146 valence electrons. The van der Waals surface area contributed by atoms with E-state index in [4.69, 9.17) is 0 Å².